The van der Waals surface area contributed by atoms with Crippen molar-refractivity contribution in [2.24, 2.45) is 0 Å². The van der Waals surface area contributed by atoms with Crippen LogP contribution < -0.4 is 21.1 Å². The molecular formula is C32H25OPSi. The van der Waals surface area contributed by atoms with E-state index in [0.29, 0.717) is 0 Å². The van der Waals surface area contributed by atoms with Crippen molar-refractivity contribution in [3.05, 3.63) is 132 Å². The lowest BCUT2D eigenvalue weighted by Gasteiger charge is -2.27. The van der Waals surface area contributed by atoms with Crippen molar-refractivity contribution in [1.82, 2.24) is 0 Å². The van der Waals surface area contributed by atoms with Gasteiger partial charge in [0.1, 0.15) is 8.07 Å². The predicted molar refractivity (Wildman–Crippen MR) is 153 cm³/mol. The molecular weight excluding hydrogens is 459 g/mol. The zero-order chi connectivity index (χ0) is 23.8. The molecule has 35 heavy (non-hydrogen) atoms. The van der Waals surface area contributed by atoms with Crippen molar-refractivity contribution in [3.63, 3.8) is 0 Å². The van der Waals surface area contributed by atoms with Gasteiger partial charge in [0.2, 0.25) is 0 Å². The van der Waals surface area contributed by atoms with Crippen LogP contribution in [0.5, 0.6) is 0 Å². The van der Waals surface area contributed by atoms with E-state index in [2.05, 4.69) is 98.0 Å². The Labute approximate surface area is 207 Å². The molecule has 3 heteroatoms. The molecule has 0 N–H and O–H groups in total. The first-order valence-electron chi connectivity index (χ1n) is 12.2. The Morgan fingerprint density at radius 2 is 1.26 bits per heavy atom. The summed E-state index contributed by atoms with van der Waals surface area (Å²) < 4.78 is 15.7. The van der Waals surface area contributed by atoms with Crippen molar-refractivity contribution in [3.8, 4) is 0 Å². The molecule has 1 atom stereocenters. The van der Waals surface area contributed by atoms with Crippen molar-refractivity contribution in [1.29, 1.82) is 0 Å². The molecule has 0 amide bonds. The largest absolute Gasteiger partial charge is 0.309 e. The van der Waals surface area contributed by atoms with Gasteiger partial charge in [0.25, 0.3) is 0 Å². The van der Waals surface area contributed by atoms with E-state index in [1.807, 2.05) is 30.3 Å². The average Bonchev–Trinajstić information content (AvgIpc) is 3.08. The van der Waals surface area contributed by atoms with Crippen molar-refractivity contribution in [2.75, 3.05) is 0 Å². The maximum atomic E-state index is 15.7. The molecule has 0 fully saturated rings. The van der Waals surface area contributed by atoms with Crippen LogP contribution in [0.3, 0.4) is 0 Å². The van der Waals surface area contributed by atoms with Gasteiger partial charge >= 0.3 is 0 Å². The summed E-state index contributed by atoms with van der Waals surface area (Å²) in [6.07, 6.45) is 0. The van der Waals surface area contributed by atoms with E-state index in [0.717, 1.165) is 21.5 Å². The summed E-state index contributed by atoms with van der Waals surface area (Å²) in [4.78, 5) is 0. The highest BCUT2D eigenvalue weighted by molar-refractivity contribution is 7.85. The van der Waals surface area contributed by atoms with E-state index >= 15 is 4.57 Å². The molecule has 0 spiro atoms. The molecule has 5 aromatic rings. The number of hydrogen-bond donors (Lipinski definition) is 0. The van der Waals surface area contributed by atoms with Gasteiger partial charge in [-0.1, -0.05) is 122 Å². The topological polar surface area (TPSA) is 17.1 Å². The molecule has 168 valence electrons. The lowest BCUT2D eigenvalue weighted by Crippen LogP contribution is -2.42. The molecule has 1 unspecified atom stereocenters. The van der Waals surface area contributed by atoms with Gasteiger partial charge < -0.3 is 4.57 Å². The van der Waals surface area contributed by atoms with Crippen LogP contribution >= 0.6 is 7.14 Å². The van der Waals surface area contributed by atoms with Crippen LogP contribution in [0.1, 0.15) is 16.7 Å². The Bertz CT molecular complexity index is 1750. The highest BCUT2D eigenvalue weighted by atomic mass is 31.2. The third kappa shape index (κ3) is 2.67. The molecule has 5 aromatic carbocycles. The van der Waals surface area contributed by atoms with Crippen LogP contribution in [0.2, 0.25) is 13.1 Å². The Kier molecular flexibility index (Phi) is 4.34. The molecule has 7 rings (SSSR count). The molecule has 0 radical (unpaired) electrons. The zero-order valence-electron chi connectivity index (χ0n) is 19.8. The number of hydrogen-bond acceptors (Lipinski definition) is 1. The molecule has 2 aliphatic rings. The van der Waals surface area contributed by atoms with Gasteiger partial charge in [0.05, 0.1) is 0 Å². The van der Waals surface area contributed by atoms with Crippen molar-refractivity contribution >= 4 is 57.9 Å². The SMILES string of the molecule is C[Si]1(C)C2=C(c3ccccc31)c1c(ccc3ccccc13)P(=O)(c1ccccc1)c1ccccc12. The third-order valence-electron chi connectivity index (χ3n) is 7.87. The first-order chi connectivity index (χ1) is 17.0. The van der Waals surface area contributed by atoms with Gasteiger partial charge in [-0.05, 0) is 43.9 Å². The zero-order valence-corrected chi connectivity index (χ0v) is 21.7. The van der Waals surface area contributed by atoms with Gasteiger partial charge in [0.15, 0.2) is 7.14 Å². The van der Waals surface area contributed by atoms with Crippen LogP contribution in [0, 0.1) is 0 Å². The first-order valence-corrected chi connectivity index (χ1v) is 16.9. The minimum atomic E-state index is -3.14. The maximum absolute atomic E-state index is 15.7. The van der Waals surface area contributed by atoms with E-state index in [-0.39, 0.29) is 0 Å². The molecule has 0 aliphatic carbocycles. The number of rotatable bonds is 1. The monoisotopic (exact) mass is 484 g/mol. The van der Waals surface area contributed by atoms with Crippen LogP contribution in [0.25, 0.3) is 21.5 Å². The first kappa shape index (κ1) is 20.9. The number of benzene rings is 5. The van der Waals surface area contributed by atoms with E-state index in [4.69, 9.17) is 0 Å². The van der Waals surface area contributed by atoms with E-state index in [9.17, 15) is 0 Å². The highest BCUT2D eigenvalue weighted by Gasteiger charge is 2.47. The maximum Gasteiger partial charge on any atom is 0.172 e. The van der Waals surface area contributed by atoms with Crippen LogP contribution in [-0.2, 0) is 4.57 Å². The lowest BCUT2D eigenvalue weighted by molar-refractivity contribution is 0.592. The number of fused-ring (bicyclic) bond motifs is 8. The van der Waals surface area contributed by atoms with Gasteiger partial charge in [-0.2, -0.15) is 0 Å². The predicted octanol–water partition coefficient (Wildman–Crippen LogP) is 6.22. The molecule has 0 saturated carbocycles. The van der Waals surface area contributed by atoms with Crippen LogP contribution in [0.4, 0.5) is 0 Å². The third-order valence-corrected chi connectivity index (χ3v) is 14.6. The van der Waals surface area contributed by atoms with Gasteiger partial charge in [-0.25, -0.2) is 0 Å². The van der Waals surface area contributed by atoms with Crippen LogP contribution in [-0.4, -0.2) is 8.07 Å². The minimum absolute atomic E-state index is 0.901. The molecule has 2 aliphatic heterocycles. The molecule has 0 bridgehead atoms. The van der Waals surface area contributed by atoms with Crippen molar-refractivity contribution in [2.45, 2.75) is 13.1 Å². The quantitative estimate of drug-likeness (QED) is 0.204. The van der Waals surface area contributed by atoms with Crippen molar-refractivity contribution < 1.29 is 4.57 Å². The van der Waals surface area contributed by atoms with Gasteiger partial charge in [-0.15, -0.1) is 0 Å². The summed E-state index contributed by atoms with van der Waals surface area (Å²) in [5.41, 5.74) is 4.94. The molecule has 2 heterocycles. The highest BCUT2D eigenvalue weighted by Crippen LogP contribution is 2.54. The Morgan fingerprint density at radius 1 is 0.600 bits per heavy atom. The summed E-state index contributed by atoms with van der Waals surface area (Å²) >= 11 is 0. The fourth-order valence-electron chi connectivity index (χ4n) is 6.35. The normalized spacial score (nSPS) is 19.5. The summed E-state index contributed by atoms with van der Waals surface area (Å²) in [5, 5.41) is 8.09. The second-order valence-corrected chi connectivity index (χ2v) is 17.1. The van der Waals surface area contributed by atoms with Gasteiger partial charge in [0, 0.05) is 21.5 Å². The Balaban J connectivity index is 1.76. The average molecular weight is 485 g/mol. The fraction of sp³-hybridized carbons (Fsp3) is 0.0625. The Hall–Kier alpha value is -3.45. The van der Waals surface area contributed by atoms with E-state index in [1.165, 1.54) is 37.9 Å². The smallest absolute Gasteiger partial charge is 0.172 e. The van der Waals surface area contributed by atoms with Crippen LogP contribution in [0.15, 0.2) is 115 Å². The van der Waals surface area contributed by atoms with E-state index < -0.39 is 15.2 Å². The lowest BCUT2D eigenvalue weighted by atomic mass is 9.91. The minimum Gasteiger partial charge on any atom is -0.309 e. The Morgan fingerprint density at radius 3 is 2.09 bits per heavy atom. The van der Waals surface area contributed by atoms with E-state index in [1.54, 1.807) is 0 Å². The summed E-state index contributed by atoms with van der Waals surface area (Å²) in [5.74, 6) is 0. The molecule has 0 saturated heterocycles. The second kappa shape index (κ2) is 7.27. The van der Waals surface area contributed by atoms with Gasteiger partial charge in [-0.3, -0.25) is 0 Å². The standard InChI is InChI=1S/C32H25OPSi/c1-35(2)29-19-11-9-17-26(29)31-30-24-15-7-6-12-22(24)20-21-28(30)34(33,23-13-4-3-5-14-23)27-18-10-8-16-25(27)32(31)35/h3-21H,1-2H3. The summed E-state index contributed by atoms with van der Waals surface area (Å²) in [6, 6.07) is 40.4. The second-order valence-electron chi connectivity index (χ2n) is 10.1. The summed E-state index contributed by atoms with van der Waals surface area (Å²) in [6.45, 7) is 4.91. The fourth-order valence-corrected chi connectivity index (χ4v) is 13.0. The summed E-state index contributed by atoms with van der Waals surface area (Å²) in [7, 11) is -5.20. The molecule has 1 nitrogen and oxygen atoms in total. The molecule has 0 aromatic heterocycles.